The van der Waals surface area contributed by atoms with Crippen molar-refractivity contribution >= 4 is 35.6 Å². The van der Waals surface area contributed by atoms with Crippen molar-refractivity contribution in [3.8, 4) is 0 Å². The number of carbonyl (C=O) groups excluding carboxylic acids is 1. The Morgan fingerprint density at radius 3 is 2.50 bits per heavy atom. The van der Waals surface area contributed by atoms with Crippen molar-refractivity contribution in [2.24, 2.45) is 0 Å². The van der Waals surface area contributed by atoms with Gasteiger partial charge in [0.25, 0.3) is 5.91 Å². The zero-order chi connectivity index (χ0) is 12.3. The number of hydrogen-bond acceptors (Lipinski definition) is 2. The highest BCUT2D eigenvalue weighted by molar-refractivity contribution is 6.31. The molecule has 0 saturated heterocycles. The highest BCUT2D eigenvalue weighted by atomic mass is 35.5. The van der Waals surface area contributed by atoms with E-state index in [-0.39, 0.29) is 18.3 Å². The standard InChI is InChI=1S/C13H11ClN2O.ClH/c1-9-2-3-11(8-12(9)14)16-13(17)10-4-6-15-7-5-10;/h2-8H,1H3,(H,16,17);1H. The molecule has 1 aromatic heterocycles. The monoisotopic (exact) mass is 282 g/mol. The topological polar surface area (TPSA) is 42.0 Å². The molecule has 0 saturated carbocycles. The molecule has 0 aliphatic rings. The van der Waals surface area contributed by atoms with Crippen LogP contribution in [0.5, 0.6) is 0 Å². The summed E-state index contributed by atoms with van der Waals surface area (Å²) in [5, 5.41) is 3.41. The second-order valence-electron chi connectivity index (χ2n) is 3.65. The summed E-state index contributed by atoms with van der Waals surface area (Å²) in [6.45, 7) is 1.91. The summed E-state index contributed by atoms with van der Waals surface area (Å²) in [5.41, 5.74) is 2.23. The first-order valence-corrected chi connectivity index (χ1v) is 5.52. The predicted octanol–water partition coefficient (Wildman–Crippen LogP) is 3.72. The number of anilines is 1. The number of aromatic nitrogens is 1. The summed E-state index contributed by atoms with van der Waals surface area (Å²) >= 11 is 5.98. The SMILES string of the molecule is Cc1ccc(NC(=O)c2ccncc2)cc1Cl.Cl. The number of pyridine rings is 1. The Kier molecular flexibility index (Phi) is 5.13. The summed E-state index contributed by atoms with van der Waals surface area (Å²) in [4.78, 5) is 15.7. The molecule has 0 radical (unpaired) electrons. The van der Waals surface area contributed by atoms with Crippen LogP contribution in [0.15, 0.2) is 42.7 Å². The summed E-state index contributed by atoms with van der Waals surface area (Å²) in [6.07, 6.45) is 3.16. The Labute approximate surface area is 117 Å². The third-order valence-corrected chi connectivity index (χ3v) is 2.78. The molecule has 1 aromatic carbocycles. The van der Waals surface area contributed by atoms with E-state index in [1.54, 1.807) is 30.6 Å². The maximum atomic E-state index is 11.8. The Morgan fingerprint density at radius 1 is 1.22 bits per heavy atom. The smallest absolute Gasteiger partial charge is 0.255 e. The number of benzene rings is 1. The van der Waals surface area contributed by atoms with Gasteiger partial charge in [0.2, 0.25) is 0 Å². The summed E-state index contributed by atoms with van der Waals surface area (Å²) < 4.78 is 0. The maximum Gasteiger partial charge on any atom is 0.255 e. The minimum absolute atomic E-state index is 0. The Bertz CT molecular complexity index is 544. The number of halogens is 2. The molecule has 3 nitrogen and oxygen atoms in total. The predicted molar refractivity (Wildman–Crippen MR) is 75.6 cm³/mol. The zero-order valence-electron chi connectivity index (χ0n) is 9.68. The average Bonchev–Trinajstić information content (AvgIpc) is 2.35. The second kappa shape index (κ2) is 6.38. The van der Waals surface area contributed by atoms with Crippen LogP contribution in [0.2, 0.25) is 5.02 Å². The average molecular weight is 283 g/mol. The summed E-state index contributed by atoms with van der Waals surface area (Å²) in [6, 6.07) is 8.73. The fourth-order valence-corrected chi connectivity index (χ4v) is 1.56. The number of nitrogens with zero attached hydrogens (tertiary/aromatic N) is 1. The van der Waals surface area contributed by atoms with Crippen LogP contribution in [0.4, 0.5) is 5.69 Å². The molecule has 5 heteroatoms. The lowest BCUT2D eigenvalue weighted by molar-refractivity contribution is 0.102. The molecule has 0 unspecified atom stereocenters. The number of carbonyl (C=O) groups is 1. The van der Waals surface area contributed by atoms with Gasteiger partial charge in [-0.2, -0.15) is 0 Å². The lowest BCUT2D eigenvalue weighted by Crippen LogP contribution is -2.11. The molecule has 94 valence electrons. The van der Waals surface area contributed by atoms with E-state index in [1.165, 1.54) is 0 Å². The van der Waals surface area contributed by atoms with Crippen molar-refractivity contribution < 1.29 is 4.79 Å². The first kappa shape index (κ1) is 14.5. The van der Waals surface area contributed by atoms with Crippen LogP contribution in [0.25, 0.3) is 0 Å². The van der Waals surface area contributed by atoms with Gasteiger partial charge in [-0.15, -0.1) is 12.4 Å². The van der Waals surface area contributed by atoms with Gasteiger partial charge in [-0.3, -0.25) is 9.78 Å². The molecular formula is C13H12Cl2N2O. The summed E-state index contributed by atoms with van der Waals surface area (Å²) in [5.74, 6) is -0.174. The minimum atomic E-state index is -0.174. The fourth-order valence-electron chi connectivity index (χ4n) is 1.38. The van der Waals surface area contributed by atoms with E-state index in [1.807, 2.05) is 19.1 Å². The van der Waals surface area contributed by atoms with Crippen molar-refractivity contribution in [3.63, 3.8) is 0 Å². The lowest BCUT2D eigenvalue weighted by atomic mass is 10.2. The van der Waals surface area contributed by atoms with Crippen LogP contribution in [0, 0.1) is 6.92 Å². The molecule has 0 aliphatic carbocycles. The van der Waals surface area contributed by atoms with Crippen molar-refractivity contribution in [2.75, 3.05) is 5.32 Å². The molecule has 1 amide bonds. The maximum absolute atomic E-state index is 11.8. The van der Waals surface area contributed by atoms with Gasteiger partial charge in [-0.25, -0.2) is 0 Å². The van der Waals surface area contributed by atoms with Crippen LogP contribution in [-0.4, -0.2) is 10.9 Å². The van der Waals surface area contributed by atoms with Crippen LogP contribution in [0.1, 0.15) is 15.9 Å². The molecular weight excluding hydrogens is 271 g/mol. The molecule has 1 N–H and O–H groups in total. The zero-order valence-corrected chi connectivity index (χ0v) is 11.3. The van der Waals surface area contributed by atoms with Crippen LogP contribution in [0.3, 0.4) is 0 Å². The van der Waals surface area contributed by atoms with E-state index in [0.29, 0.717) is 16.3 Å². The van der Waals surface area contributed by atoms with Gasteiger partial charge in [0.05, 0.1) is 0 Å². The highest BCUT2D eigenvalue weighted by Gasteiger charge is 2.06. The Balaban J connectivity index is 0.00000162. The van der Waals surface area contributed by atoms with Gasteiger partial charge in [0, 0.05) is 28.7 Å². The van der Waals surface area contributed by atoms with Gasteiger partial charge in [-0.1, -0.05) is 17.7 Å². The van der Waals surface area contributed by atoms with Crippen molar-refractivity contribution in [1.29, 1.82) is 0 Å². The Hall–Kier alpha value is -1.58. The molecule has 0 bridgehead atoms. The fraction of sp³-hybridized carbons (Fsp3) is 0.0769. The molecule has 2 rings (SSSR count). The van der Waals surface area contributed by atoms with E-state index >= 15 is 0 Å². The molecule has 0 atom stereocenters. The molecule has 0 aliphatic heterocycles. The number of hydrogen-bond donors (Lipinski definition) is 1. The van der Waals surface area contributed by atoms with Gasteiger partial charge in [0.1, 0.15) is 0 Å². The van der Waals surface area contributed by atoms with Gasteiger partial charge >= 0.3 is 0 Å². The minimum Gasteiger partial charge on any atom is -0.322 e. The number of aryl methyl sites for hydroxylation is 1. The number of amides is 1. The van der Waals surface area contributed by atoms with Crippen LogP contribution < -0.4 is 5.32 Å². The molecule has 18 heavy (non-hydrogen) atoms. The first-order chi connectivity index (χ1) is 8.16. The van der Waals surface area contributed by atoms with E-state index in [4.69, 9.17) is 11.6 Å². The van der Waals surface area contributed by atoms with Gasteiger partial charge in [0.15, 0.2) is 0 Å². The van der Waals surface area contributed by atoms with Crippen molar-refractivity contribution in [1.82, 2.24) is 4.98 Å². The molecule has 1 heterocycles. The van der Waals surface area contributed by atoms with E-state index in [2.05, 4.69) is 10.3 Å². The third kappa shape index (κ3) is 3.45. The second-order valence-corrected chi connectivity index (χ2v) is 4.06. The van der Waals surface area contributed by atoms with Crippen molar-refractivity contribution in [2.45, 2.75) is 6.92 Å². The number of rotatable bonds is 2. The largest absolute Gasteiger partial charge is 0.322 e. The Morgan fingerprint density at radius 2 is 1.89 bits per heavy atom. The third-order valence-electron chi connectivity index (χ3n) is 2.37. The van der Waals surface area contributed by atoms with Gasteiger partial charge in [-0.05, 0) is 36.8 Å². The van der Waals surface area contributed by atoms with Gasteiger partial charge < -0.3 is 5.32 Å². The van der Waals surface area contributed by atoms with Crippen LogP contribution in [-0.2, 0) is 0 Å². The summed E-state index contributed by atoms with van der Waals surface area (Å²) in [7, 11) is 0. The number of nitrogens with one attached hydrogen (secondary N) is 1. The van der Waals surface area contributed by atoms with E-state index < -0.39 is 0 Å². The van der Waals surface area contributed by atoms with Crippen molar-refractivity contribution in [3.05, 3.63) is 58.9 Å². The first-order valence-electron chi connectivity index (χ1n) is 5.14. The normalized spacial score (nSPS) is 9.44. The van der Waals surface area contributed by atoms with E-state index in [0.717, 1.165) is 5.56 Å². The van der Waals surface area contributed by atoms with Crippen LogP contribution >= 0.6 is 24.0 Å². The lowest BCUT2D eigenvalue weighted by Gasteiger charge is -2.06. The molecule has 2 aromatic rings. The van der Waals surface area contributed by atoms with E-state index in [9.17, 15) is 4.79 Å². The quantitative estimate of drug-likeness (QED) is 0.912. The highest BCUT2D eigenvalue weighted by Crippen LogP contribution is 2.20. The molecule has 0 fully saturated rings. The molecule has 0 spiro atoms.